The van der Waals surface area contributed by atoms with Crippen molar-refractivity contribution in [1.82, 2.24) is 0 Å². The smallest absolute Gasteiger partial charge is 0.306 e. The highest BCUT2D eigenvalue weighted by atomic mass is 16.5. The van der Waals surface area contributed by atoms with E-state index in [0.29, 0.717) is 26.1 Å². The summed E-state index contributed by atoms with van der Waals surface area (Å²) in [7, 11) is 1.63. The molecule has 0 saturated heterocycles. The highest BCUT2D eigenvalue weighted by Crippen LogP contribution is 2.09. The summed E-state index contributed by atoms with van der Waals surface area (Å²) < 4.78 is 9.91. The number of hydrogen-bond acceptors (Lipinski definition) is 4. The molecule has 17 heavy (non-hydrogen) atoms. The molecular weight excluding hydrogens is 218 g/mol. The monoisotopic (exact) mass is 237 g/mol. The van der Waals surface area contributed by atoms with Crippen molar-refractivity contribution in [3.63, 3.8) is 0 Å². The maximum atomic E-state index is 11.4. The van der Waals surface area contributed by atoms with E-state index in [4.69, 9.17) is 15.2 Å². The van der Waals surface area contributed by atoms with Gasteiger partial charge >= 0.3 is 5.97 Å². The van der Waals surface area contributed by atoms with E-state index in [1.165, 1.54) is 0 Å². The Balaban J connectivity index is 2.19. The molecule has 1 aromatic carbocycles. The average Bonchev–Trinajstić information content (AvgIpc) is 2.32. The maximum Gasteiger partial charge on any atom is 0.306 e. The van der Waals surface area contributed by atoms with Gasteiger partial charge in [0.25, 0.3) is 0 Å². The van der Waals surface area contributed by atoms with Crippen LogP contribution >= 0.6 is 0 Å². The quantitative estimate of drug-likeness (QED) is 0.446. The van der Waals surface area contributed by atoms with Crippen molar-refractivity contribution in [3.8, 4) is 0 Å². The summed E-state index contributed by atoms with van der Waals surface area (Å²) in [5, 5.41) is 0. The third kappa shape index (κ3) is 5.92. The Hall–Kier alpha value is -1.55. The molecule has 0 aliphatic carbocycles. The number of nitrogen functional groups attached to an aromatic ring is 1. The van der Waals surface area contributed by atoms with Crippen LogP contribution in [-0.2, 0) is 20.7 Å². The van der Waals surface area contributed by atoms with Gasteiger partial charge in [0.15, 0.2) is 0 Å². The summed E-state index contributed by atoms with van der Waals surface area (Å²) in [6, 6.07) is 7.54. The Morgan fingerprint density at radius 1 is 1.35 bits per heavy atom. The van der Waals surface area contributed by atoms with Crippen molar-refractivity contribution in [2.75, 3.05) is 26.1 Å². The summed E-state index contributed by atoms with van der Waals surface area (Å²) in [5.41, 5.74) is 7.42. The molecule has 4 nitrogen and oxygen atoms in total. The first-order chi connectivity index (χ1) is 8.22. The van der Waals surface area contributed by atoms with E-state index in [2.05, 4.69) is 0 Å². The molecule has 0 atom stereocenters. The van der Waals surface area contributed by atoms with Gasteiger partial charge in [0, 0.05) is 32.2 Å². The predicted molar refractivity (Wildman–Crippen MR) is 66.6 cm³/mol. The number of methoxy groups -OCH3 is 1. The Morgan fingerprint density at radius 2 is 2.18 bits per heavy atom. The second-order valence-corrected chi connectivity index (χ2v) is 3.81. The lowest BCUT2D eigenvalue weighted by molar-refractivity contribution is -0.143. The van der Waals surface area contributed by atoms with Crippen molar-refractivity contribution in [2.45, 2.75) is 19.3 Å². The summed E-state index contributed by atoms with van der Waals surface area (Å²) >= 11 is 0. The molecule has 0 radical (unpaired) electrons. The zero-order chi connectivity index (χ0) is 12.5. The number of aryl methyl sites for hydroxylation is 1. The lowest BCUT2D eigenvalue weighted by atomic mass is 10.1. The molecule has 1 rings (SSSR count). The van der Waals surface area contributed by atoms with Gasteiger partial charge in [-0.05, 0) is 24.1 Å². The highest BCUT2D eigenvalue weighted by Gasteiger charge is 2.03. The minimum absolute atomic E-state index is 0.177. The largest absolute Gasteiger partial charge is 0.466 e. The summed E-state index contributed by atoms with van der Waals surface area (Å²) in [5.74, 6) is -0.177. The highest BCUT2D eigenvalue weighted by molar-refractivity contribution is 5.69. The van der Waals surface area contributed by atoms with E-state index >= 15 is 0 Å². The van der Waals surface area contributed by atoms with Gasteiger partial charge in [-0.25, -0.2) is 0 Å². The van der Waals surface area contributed by atoms with Crippen LogP contribution in [0.5, 0.6) is 0 Å². The molecule has 0 bridgehead atoms. The topological polar surface area (TPSA) is 61.5 Å². The lowest BCUT2D eigenvalue weighted by Crippen LogP contribution is -2.08. The van der Waals surface area contributed by atoms with Crippen molar-refractivity contribution in [3.05, 3.63) is 29.8 Å². The molecule has 94 valence electrons. The molecule has 4 heteroatoms. The summed E-state index contributed by atoms with van der Waals surface area (Å²) in [4.78, 5) is 11.4. The number of benzene rings is 1. The number of carbonyl (C=O) groups excluding carboxylic acids is 1. The molecular formula is C13H19NO3. The number of carbonyl (C=O) groups is 1. The van der Waals surface area contributed by atoms with Gasteiger partial charge in [-0.15, -0.1) is 0 Å². The third-order valence-electron chi connectivity index (χ3n) is 2.32. The number of hydrogen-bond donors (Lipinski definition) is 1. The molecule has 0 spiro atoms. The van der Waals surface area contributed by atoms with Crippen LogP contribution in [0.4, 0.5) is 5.69 Å². The molecule has 1 aromatic rings. The molecule has 2 N–H and O–H groups in total. The van der Waals surface area contributed by atoms with Crippen LogP contribution in [0.3, 0.4) is 0 Å². The van der Waals surface area contributed by atoms with Gasteiger partial charge in [0.05, 0.1) is 6.61 Å². The second kappa shape index (κ2) is 7.68. The molecule has 0 fully saturated rings. The fourth-order valence-electron chi connectivity index (χ4n) is 1.46. The third-order valence-corrected chi connectivity index (χ3v) is 2.32. The fraction of sp³-hybridized carbons (Fsp3) is 0.462. The second-order valence-electron chi connectivity index (χ2n) is 3.81. The maximum absolute atomic E-state index is 11.4. The normalized spacial score (nSPS) is 10.2. The van der Waals surface area contributed by atoms with Gasteiger partial charge in [-0.2, -0.15) is 0 Å². The fourth-order valence-corrected chi connectivity index (χ4v) is 1.46. The zero-order valence-electron chi connectivity index (χ0n) is 10.1. The van der Waals surface area contributed by atoms with Crippen molar-refractivity contribution >= 4 is 11.7 Å². The first kappa shape index (κ1) is 13.5. The SMILES string of the molecule is COCCCOC(=O)CCc1cccc(N)c1. The van der Waals surface area contributed by atoms with E-state index in [0.717, 1.165) is 17.7 Å². The van der Waals surface area contributed by atoms with Crippen LogP contribution in [0.2, 0.25) is 0 Å². The predicted octanol–water partition coefficient (Wildman–Crippen LogP) is 1.78. The Kier molecular flexibility index (Phi) is 6.10. The summed E-state index contributed by atoms with van der Waals surface area (Å²) in [6.07, 6.45) is 1.78. The minimum Gasteiger partial charge on any atom is -0.466 e. The van der Waals surface area contributed by atoms with E-state index in [1.807, 2.05) is 24.3 Å². The molecule has 0 aliphatic heterocycles. The van der Waals surface area contributed by atoms with Crippen molar-refractivity contribution in [2.24, 2.45) is 0 Å². The van der Waals surface area contributed by atoms with E-state index < -0.39 is 0 Å². The number of rotatable bonds is 7. The number of ether oxygens (including phenoxy) is 2. The average molecular weight is 237 g/mol. The van der Waals surface area contributed by atoms with Crippen LogP contribution < -0.4 is 5.73 Å². The van der Waals surface area contributed by atoms with Gasteiger partial charge in [-0.1, -0.05) is 12.1 Å². The molecule has 0 aliphatic rings. The Bertz CT molecular complexity index is 352. The van der Waals surface area contributed by atoms with Gasteiger partial charge < -0.3 is 15.2 Å². The number of anilines is 1. The zero-order valence-corrected chi connectivity index (χ0v) is 10.1. The Morgan fingerprint density at radius 3 is 2.88 bits per heavy atom. The van der Waals surface area contributed by atoms with Crippen molar-refractivity contribution in [1.29, 1.82) is 0 Å². The number of esters is 1. The van der Waals surface area contributed by atoms with Gasteiger partial charge in [0.1, 0.15) is 0 Å². The van der Waals surface area contributed by atoms with Crippen LogP contribution in [0.25, 0.3) is 0 Å². The first-order valence-electron chi connectivity index (χ1n) is 5.71. The molecule has 0 unspecified atom stereocenters. The molecule has 0 heterocycles. The van der Waals surface area contributed by atoms with Crippen LogP contribution in [0.15, 0.2) is 24.3 Å². The summed E-state index contributed by atoms with van der Waals surface area (Å²) in [6.45, 7) is 1.03. The van der Waals surface area contributed by atoms with E-state index in [9.17, 15) is 4.79 Å². The van der Waals surface area contributed by atoms with Crippen molar-refractivity contribution < 1.29 is 14.3 Å². The lowest BCUT2D eigenvalue weighted by Gasteiger charge is -2.05. The van der Waals surface area contributed by atoms with Crippen LogP contribution in [0.1, 0.15) is 18.4 Å². The van der Waals surface area contributed by atoms with Gasteiger partial charge in [0.2, 0.25) is 0 Å². The van der Waals surface area contributed by atoms with Crippen LogP contribution in [-0.4, -0.2) is 26.3 Å². The Labute approximate surface area is 102 Å². The van der Waals surface area contributed by atoms with E-state index in [-0.39, 0.29) is 5.97 Å². The molecule has 0 saturated carbocycles. The molecule has 0 amide bonds. The standard InChI is InChI=1S/C13H19NO3/c1-16-8-3-9-17-13(15)7-6-11-4-2-5-12(14)10-11/h2,4-5,10H,3,6-9,14H2,1H3. The minimum atomic E-state index is -0.177. The number of nitrogens with two attached hydrogens (primary N) is 1. The van der Waals surface area contributed by atoms with Gasteiger partial charge in [-0.3, -0.25) is 4.79 Å². The molecule has 0 aromatic heterocycles. The first-order valence-corrected chi connectivity index (χ1v) is 5.71. The van der Waals surface area contributed by atoms with E-state index in [1.54, 1.807) is 7.11 Å². The van der Waals surface area contributed by atoms with Crippen LogP contribution in [0, 0.1) is 0 Å².